The fourth-order valence-electron chi connectivity index (χ4n) is 6.38. The Morgan fingerprint density at radius 3 is 1.43 bits per heavy atom. The first-order chi connectivity index (χ1) is 33.0. The number of ether oxygens (including phenoxy) is 2. The number of nitrogens with one attached hydrogen (secondary N) is 4. The molecule has 2 atom stereocenters. The number of aryl methyl sites for hydroxylation is 1. The van der Waals surface area contributed by atoms with Crippen molar-refractivity contribution in [2.45, 2.75) is 58.0 Å². The molecule has 0 bridgehead atoms. The zero-order valence-corrected chi connectivity index (χ0v) is 41.3. The van der Waals surface area contributed by atoms with E-state index in [4.69, 9.17) is 67.5 Å². The standard InChI is InChI=1S/C48H45Cl5N8O8/c1-5-68-36-17-28(24-50)15-34(22-36)55-45(64)31-7-10-38(52)41(20-31)58-60-43(26(3)62)47(66)54-33-9-12-40(30(19-33)13-14-49)57-48(67)44(27(4)63)61-59-42-21-32(8-11-39(42)53)46(65)56-35-16-29(25-51)18-37(23-35)69-6-2/h7-12,15-23,43-44H,5-6,13-14,24-25H2,1-4H3,(H,54,66)(H,55,64)(H,56,65)(H,57,67). The minimum Gasteiger partial charge on any atom is -0.494 e. The molecule has 69 heavy (non-hydrogen) atoms. The van der Waals surface area contributed by atoms with Crippen molar-refractivity contribution in [3.8, 4) is 11.5 Å². The molecule has 0 spiro atoms. The van der Waals surface area contributed by atoms with Crippen LogP contribution in [0.15, 0.2) is 111 Å². The fourth-order valence-corrected chi connectivity index (χ4v) is 7.20. The summed E-state index contributed by atoms with van der Waals surface area (Å²) >= 11 is 30.9. The van der Waals surface area contributed by atoms with Crippen molar-refractivity contribution < 1.29 is 38.2 Å². The molecule has 21 heteroatoms. The molecule has 360 valence electrons. The van der Waals surface area contributed by atoms with Crippen molar-refractivity contribution >= 4 is 127 Å². The van der Waals surface area contributed by atoms with Crippen LogP contribution in [0.25, 0.3) is 0 Å². The summed E-state index contributed by atoms with van der Waals surface area (Å²) < 4.78 is 11.2. The average molecular weight is 1040 g/mol. The van der Waals surface area contributed by atoms with Crippen molar-refractivity contribution in [1.82, 2.24) is 0 Å². The van der Waals surface area contributed by atoms with Gasteiger partial charge in [0.15, 0.2) is 11.6 Å². The maximum Gasteiger partial charge on any atom is 0.258 e. The van der Waals surface area contributed by atoms with E-state index in [9.17, 15) is 28.8 Å². The molecule has 2 unspecified atom stereocenters. The molecule has 0 heterocycles. The number of hydrogen-bond acceptors (Lipinski definition) is 12. The second-order valence-corrected chi connectivity index (χ2v) is 16.6. The van der Waals surface area contributed by atoms with E-state index in [1.54, 1.807) is 36.4 Å². The van der Waals surface area contributed by atoms with Crippen LogP contribution in [-0.4, -0.2) is 66.4 Å². The summed E-state index contributed by atoms with van der Waals surface area (Å²) in [6, 6.07) is 19.9. The Morgan fingerprint density at radius 1 is 0.551 bits per heavy atom. The van der Waals surface area contributed by atoms with Gasteiger partial charge in [-0.3, -0.25) is 28.8 Å². The van der Waals surface area contributed by atoms with Gasteiger partial charge < -0.3 is 30.7 Å². The van der Waals surface area contributed by atoms with E-state index in [0.717, 1.165) is 25.0 Å². The van der Waals surface area contributed by atoms with Crippen LogP contribution in [0.5, 0.6) is 11.5 Å². The van der Waals surface area contributed by atoms with Gasteiger partial charge in [-0.05, 0) is 130 Å². The van der Waals surface area contributed by atoms with E-state index in [0.29, 0.717) is 41.7 Å². The van der Waals surface area contributed by atoms with Gasteiger partial charge in [0, 0.05) is 63.6 Å². The maximum absolute atomic E-state index is 13.6. The van der Waals surface area contributed by atoms with Crippen LogP contribution in [0, 0.1) is 0 Å². The van der Waals surface area contributed by atoms with Crippen molar-refractivity contribution in [2.75, 3.05) is 40.4 Å². The lowest BCUT2D eigenvalue weighted by Gasteiger charge is -2.15. The number of alkyl halides is 3. The monoisotopic (exact) mass is 1040 g/mol. The number of hydrogen-bond donors (Lipinski definition) is 4. The first-order valence-corrected chi connectivity index (χ1v) is 23.4. The number of amides is 4. The number of Topliss-reactive ketones (excluding diaryl/α,β-unsaturated/α-hetero) is 2. The molecule has 4 N–H and O–H groups in total. The van der Waals surface area contributed by atoms with Crippen LogP contribution in [-0.2, 0) is 37.4 Å². The van der Waals surface area contributed by atoms with Crippen molar-refractivity contribution in [3.05, 3.63) is 129 Å². The summed E-state index contributed by atoms with van der Waals surface area (Å²) in [7, 11) is 0. The molecule has 0 aliphatic rings. The maximum atomic E-state index is 13.6. The molecule has 4 amide bonds. The fraction of sp³-hybridized carbons (Fsp3) is 0.250. The van der Waals surface area contributed by atoms with Gasteiger partial charge in [-0.2, -0.15) is 20.5 Å². The number of nitrogens with zero attached hydrogens (tertiary/aromatic N) is 4. The molecule has 0 saturated carbocycles. The minimum absolute atomic E-state index is 0.0147. The molecule has 0 aliphatic heterocycles. The molecule has 0 aliphatic carbocycles. The largest absolute Gasteiger partial charge is 0.494 e. The van der Waals surface area contributed by atoms with E-state index in [1.807, 2.05) is 13.8 Å². The van der Waals surface area contributed by atoms with E-state index in [2.05, 4.69) is 41.7 Å². The Balaban J connectivity index is 1.28. The summed E-state index contributed by atoms with van der Waals surface area (Å²) in [6.45, 7) is 6.80. The smallest absolute Gasteiger partial charge is 0.258 e. The molecule has 5 aromatic rings. The third-order valence-corrected chi connectivity index (χ3v) is 11.1. The minimum atomic E-state index is -1.63. The van der Waals surface area contributed by atoms with Gasteiger partial charge in [0.25, 0.3) is 23.6 Å². The number of halogens is 5. The van der Waals surface area contributed by atoms with Crippen molar-refractivity contribution in [1.29, 1.82) is 0 Å². The topological polar surface area (TPSA) is 218 Å². The highest BCUT2D eigenvalue weighted by atomic mass is 35.5. The first kappa shape index (κ1) is 53.5. The lowest BCUT2D eigenvalue weighted by Crippen LogP contribution is -2.32. The Bertz CT molecular complexity index is 2810. The highest BCUT2D eigenvalue weighted by molar-refractivity contribution is 6.33. The van der Waals surface area contributed by atoms with Crippen LogP contribution in [0.1, 0.15) is 65.1 Å². The van der Waals surface area contributed by atoms with Crippen molar-refractivity contribution in [2.24, 2.45) is 20.5 Å². The SMILES string of the molecule is CCOc1cc(CCl)cc(NC(=O)c2ccc(Cl)c(N=NC(C(C)=O)C(=O)Nc3ccc(NC(=O)C(N=Nc4cc(C(=O)Nc5cc(CCl)cc(OCC)c5)ccc4Cl)C(C)=O)c(CCCl)c3)c2)c1. The quantitative estimate of drug-likeness (QED) is 0.0296. The molecule has 0 radical (unpaired) electrons. The van der Waals surface area contributed by atoms with Crippen LogP contribution in [0.4, 0.5) is 34.1 Å². The van der Waals surface area contributed by atoms with Crippen LogP contribution in [0.2, 0.25) is 10.0 Å². The first-order valence-electron chi connectivity index (χ1n) is 21.1. The lowest BCUT2D eigenvalue weighted by molar-refractivity contribution is -0.127. The number of carbonyl (C=O) groups is 6. The number of ketones is 2. The summed E-state index contributed by atoms with van der Waals surface area (Å²) in [5, 5.41) is 27.2. The molecular weight excluding hydrogens is 994 g/mol. The van der Waals surface area contributed by atoms with Gasteiger partial charge in [0.1, 0.15) is 22.9 Å². The normalized spacial score (nSPS) is 12.0. The van der Waals surface area contributed by atoms with Crippen LogP contribution in [0.3, 0.4) is 0 Å². The second kappa shape index (κ2) is 25.8. The van der Waals surface area contributed by atoms with Gasteiger partial charge in [0.05, 0.1) is 23.3 Å². The van der Waals surface area contributed by atoms with E-state index in [-0.39, 0.29) is 68.0 Å². The number of anilines is 4. The second-order valence-electron chi connectivity index (χ2n) is 14.9. The molecule has 5 aromatic carbocycles. The molecule has 16 nitrogen and oxygen atoms in total. The van der Waals surface area contributed by atoms with E-state index in [1.165, 1.54) is 54.6 Å². The van der Waals surface area contributed by atoms with Crippen LogP contribution < -0.4 is 30.7 Å². The predicted molar refractivity (Wildman–Crippen MR) is 269 cm³/mol. The number of carbonyl (C=O) groups excluding carboxylic acids is 6. The van der Waals surface area contributed by atoms with Crippen LogP contribution >= 0.6 is 58.0 Å². The highest BCUT2D eigenvalue weighted by Gasteiger charge is 2.26. The zero-order chi connectivity index (χ0) is 50.2. The van der Waals surface area contributed by atoms with Crippen molar-refractivity contribution in [3.63, 3.8) is 0 Å². The Hall–Kier alpha value is -6.43. The van der Waals surface area contributed by atoms with Gasteiger partial charge in [-0.1, -0.05) is 23.2 Å². The highest BCUT2D eigenvalue weighted by Crippen LogP contribution is 2.31. The van der Waals surface area contributed by atoms with Gasteiger partial charge in [-0.25, -0.2) is 0 Å². The number of benzene rings is 5. The summed E-state index contributed by atoms with van der Waals surface area (Å²) in [5.74, 6) is -2.47. The third-order valence-electron chi connectivity index (χ3n) is 9.62. The third kappa shape index (κ3) is 15.3. The van der Waals surface area contributed by atoms with E-state index < -0.39 is 47.3 Å². The Labute approximate surface area is 422 Å². The van der Waals surface area contributed by atoms with Gasteiger partial charge in [0.2, 0.25) is 12.1 Å². The van der Waals surface area contributed by atoms with Gasteiger partial charge in [-0.15, -0.1) is 34.8 Å². The molecule has 0 aromatic heterocycles. The summed E-state index contributed by atoms with van der Waals surface area (Å²) in [4.78, 5) is 78.9. The average Bonchev–Trinajstić information content (AvgIpc) is 3.30. The lowest BCUT2D eigenvalue weighted by atomic mass is 10.1. The Kier molecular flexibility index (Phi) is 20.0. The Morgan fingerprint density at radius 2 is 1.01 bits per heavy atom. The van der Waals surface area contributed by atoms with Gasteiger partial charge >= 0.3 is 0 Å². The predicted octanol–water partition coefficient (Wildman–Crippen LogP) is 11.9. The molecule has 0 fully saturated rings. The number of rotatable bonds is 22. The summed E-state index contributed by atoms with van der Waals surface area (Å²) in [5.41, 5.74) is 3.59. The van der Waals surface area contributed by atoms with E-state index >= 15 is 0 Å². The molecule has 0 saturated heterocycles. The zero-order valence-electron chi connectivity index (χ0n) is 37.5. The molecule has 5 rings (SSSR count). The molecular formula is C48H45Cl5N8O8. The number of azo groups is 2. The summed E-state index contributed by atoms with van der Waals surface area (Å²) in [6.07, 6.45) is 0.199.